The van der Waals surface area contributed by atoms with Crippen molar-refractivity contribution in [1.29, 1.82) is 0 Å². The molecule has 0 saturated carbocycles. The summed E-state index contributed by atoms with van der Waals surface area (Å²) in [7, 11) is 0. The van der Waals surface area contributed by atoms with E-state index < -0.39 is 3.79 Å². The lowest BCUT2D eigenvalue weighted by molar-refractivity contribution is 0.790. The Hall–Kier alpha value is 1.64. The first-order chi connectivity index (χ1) is 6.41. The second kappa shape index (κ2) is 7.84. The van der Waals surface area contributed by atoms with Crippen LogP contribution < -0.4 is 0 Å². The lowest BCUT2D eigenvalue weighted by Crippen LogP contribution is -1.94. The van der Waals surface area contributed by atoms with E-state index in [2.05, 4.69) is 27.7 Å². The van der Waals surface area contributed by atoms with Crippen LogP contribution in [0.15, 0.2) is 0 Å². The van der Waals surface area contributed by atoms with E-state index >= 15 is 0 Å². The molecule has 0 heterocycles. The van der Waals surface area contributed by atoms with Crippen molar-refractivity contribution in [2.75, 3.05) is 0 Å². The lowest BCUT2D eigenvalue weighted by Gasteiger charge is -2.20. The first kappa shape index (κ1) is 15.6. The van der Waals surface area contributed by atoms with Gasteiger partial charge in [0.1, 0.15) is 3.79 Å². The van der Waals surface area contributed by atoms with E-state index in [-0.39, 0.29) is 0 Å². The van der Waals surface area contributed by atoms with Crippen LogP contribution in [-0.2, 0) is 11.8 Å². The largest absolute Gasteiger partial charge is 0.140 e. The lowest BCUT2D eigenvalue weighted by atomic mass is 10.3. The van der Waals surface area contributed by atoms with Crippen molar-refractivity contribution in [1.82, 2.24) is 0 Å². The van der Waals surface area contributed by atoms with Crippen LogP contribution in [0.4, 0.5) is 0 Å². The van der Waals surface area contributed by atoms with Gasteiger partial charge in [0.25, 0.3) is 0 Å². The maximum absolute atomic E-state index is 6.39. The molecule has 0 aromatic rings. The predicted molar refractivity (Wildman–Crippen MR) is 79.4 cm³/mol. The van der Waals surface area contributed by atoms with Crippen molar-refractivity contribution in [2.24, 2.45) is 0 Å². The van der Waals surface area contributed by atoms with E-state index in [0.29, 0.717) is 10.5 Å². The van der Waals surface area contributed by atoms with Crippen LogP contribution in [-0.4, -0.2) is 10.5 Å². The number of hydrogen-bond donors (Lipinski definition) is 0. The van der Waals surface area contributed by atoms with Gasteiger partial charge in [-0.1, -0.05) is 79.9 Å². The van der Waals surface area contributed by atoms with E-state index in [1.165, 1.54) is 12.8 Å². The summed E-state index contributed by atoms with van der Waals surface area (Å²) in [5.74, 6) is 0. The van der Waals surface area contributed by atoms with Gasteiger partial charge in [0.2, 0.25) is 0 Å². The molecule has 0 aliphatic rings. The molecule has 86 valence electrons. The molecule has 0 rings (SSSR count). The Morgan fingerprint density at radius 1 is 1.21 bits per heavy atom. The second-order valence-corrected chi connectivity index (χ2v) is 18.0. The Bertz CT molecular complexity index is 198. The quantitative estimate of drug-likeness (QED) is 0.536. The summed E-state index contributed by atoms with van der Waals surface area (Å²) < 4.78 is -1.71. The van der Waals surface area contributed by atoms with E-state index in [1.807, 2.05) is 22.8 Å². The maximum atomic E-state index is 6.39. The average molecular weight is 291 g/mol. The third-order valence-corrected chi connectivity index (χ3v) is 11.9. The van der Waals surface area contributed by atoms with Crippen LogP contribution in [0.2, 0.25) is 0 Å². The molecule has 3 unspecified atom stereocenters. The fourth-order valence-electron chi connectivity index (χ4n) is 0.988. The normalized spacial score (nSPS) is 20.1. The highest BCUT2D eigenvalue weighted by atomic mass is 35.7. The molecule has 3 atom stereocenters. The van der Waals surface area contributed by atoms with E-state index in [4.69, 9.17) is 23.0 Å². The molecular formula is C9H20ClPS3. The van der Waals surface area contributed by atoms with Crippen LogP contribution in [0, 0.1) is 0 Å². The number of rotatable bonds is 7. The zero-order chi connectivity index (χ0) is 11.2. The molecule has 0 saturated heterocycles. The molecule has 0 bridgehead atoms. The zero-order valence-corrected chi connectivity index (χ0v) is 13.4. The number of halogens is 1. The van der Waals surface area contributed by atoms with Gasteiger partial charge < -0.3 is 0 Å². The minimum absolute atomic E-state index is 0.597. The van der Waals surface area contributed by atoms with E-state index in [0.717, 1.165) is 6.42 Å². The SMILES string of the molecule is CCCC(C)SP(=S)(Cl)SC(C)CC. The zero-order valence-electron chi connectivity index (χ0n) is 9.33. The Labute approximate surface area is 107 Å². The Morgan fingerprint density at radius 3 is 2.14 bits per heavy atom. The topological polar surface area (TPSA) is 0 Å². The van der Waals surface area contributed by atoms with E-state index in [9.17, 15) is 0 Å². The minimum atomic E-state index is -1.71. The summed E-state index contributed by atoms with van der Waals surface area (Å²) in [4.78, 5) is 0. The summed E-state index contributed by atoms with van der Waals surface area (Å²) >= 11 is 15.5. The summed E-state index contributed by atoms with van der Waals surface area (Å²) in [6.07, 6.45) is 3.59. The molecular weight excluding hydrogens is 271 g/mol. The van der Waals surface area contributed by atoms with Gasteiger partial charge in [0.15, 0.2) is 0 Å². The van der Waals surface area contributed by atoms with Crippen molar-refractivity contribution in [3.05, 3.63) is 0 Å². The van der Waals surface area contributed by atoms with Crippen LogP contribution in [0.1, 0.15) is 47.0 Å². The molecule has 0 nitrogen and oxygen atoms in total. The van der Waals surface area contributed by atoms with Gasteiger partial charge in [0, 0.05) is 10.5 Å². The fraction of sp³-hybridized carbons (Fsp3) is 1.00. The fourth-order valence-corrected chi connectivity index (χ4v) is 14.1. The molecule has 5 heteroatoms. The van der Waals surface area contributed by atoms with Gasteiger partial charge in [-0.3, -0.25) is 0 Å². The molecule has 0 aromatic heterocycles. The van der Waals surface area contributed by atoms with Crippen molar-refractivity contribution in [3.63, 3.8) is 0 Å². The summed E-state index contributed by atoms with van der Waals surface area (Å²) in [5.41, 5.74) is 0. The van der Waals surface area contributed by atoms with Crippen LogP contribution in [0.25, 0.3) is 0 Å². The molecule has 0 aliphatic carbocycles. The maximum Gasteiger partial charge on any atom is 0.140 e. The number of hydrogen-bond acceptors (Lipinski definition) is 3. The molecule has 0 aromatic carbocycles. The highest BCUT2D eigenvalue weighted by Gasteiger charge is 2.20. The van der Waals surface area contributed by atoms with Crippen molar-refractivity contribution in [3.8, 4) is 0 Å². The van der Waals surface area contributed by atoms with Crippen molar-refractivity contribution in [2.45, 2.75) is 57.5 Å². The Morgan fingerprint density at radius 2 is 1.71 bits per heavy atom. The van der Waals surface area contributed by atoms with Gasteiger partial charge in [-0.2, -0.15) is 0 Å². The summed E-state index contributed by atoms with van der Waals surface area (Å²) in [6.45, 7) is 8.83. The van der Waals surface area contributed by atoms with Crippen LogP contribution >= 0.6 is 37.8 Å². The average Bonchev–Trinajstić information content (AvgIpc) is 2.02. The Kier molecular flexibility index (Phi) is 8.76. The van der Waals surface area contributed by atoms with E-state index in [1.54, 1.807) is 0 Å². The molecule has 0 N–H and O–H groups in total. The van der Waals surface area contributed by atoms with Gasteiger partial charge in [0.05, 0.1) is 0 Å². The third kappa shape index (κ3) is 7.87. The minimum Gasteiger partial charge on any atom is -0.0964 e. The highest BCUT2D eigenvalue weighted by molar-refractivity contribution is 9.06. The second-order valence-electron chi connectivity index (χ2n) is 3.46. The summed E-state index contributed by atoms with van der Waals surface area (Å²) in [6, 6.07) is 0. The standard InChI is InChI=1S/C9H20ClPS3/c1-5-7-9(4)14-11(10,12)13-8(3)6-2/h8-9H,5-7H2,1-4H3. The summed E-state index contributed by atoms with van der Waals surface area (Å²) in [5, 5.41) is 1.21. The molecule has 0 fully saturated rings. The first-order valence-electron chi connectivity index (χ1n) is 5.07. The van der Waals surface area contributed by atoms with Gasteiger partial charge >= 0.3 is 0 Å². The molecule has 0 spiro atoms. The smallest absolute Gasteiger partial charge is 0.0964 e. The third-order valence-electron chi connectivity index (χ3n) is 1.88. The van der Waals surface area contributed by atoms with Gasteiger partial charge in [-0.25, -0.2) is 0 Å². The van der Waals surface area contributed by atoms with Crippen molar-refractivity contribution >= 4 is 49.6 Å². The van der Waals surface area contributed by atoms with Gasteiger partial charge in [-0.15, -0.1) is 0 Å². The van der Waals surface area contributed by atoms with Crippen LogP contribution in [0.3, 0.4) is 0 Å². The molecule has 0 aliphatic heterocycles. The molecule has 14 heavy (non-hydrogen) atoms. The molecule has 0 radical (unpaired) electrons. The van der Waals surface area contributed by atoms with Gasteiger partial charge in [-0.05, 0) is 12.8 Å². The van der Waals surface area contributed by atoms with Crippen LogP contribution in [0.5, 0.6) is 0 Å². The Balaban J connectivity index is 4.00. The molecule has 0 amide bonds. The first-order valence-corrected chi connectivity index (χ1v) is 11.8. The highest BCUT2D eigenvalue weighted by Crippen LogP contribution is 2.76. The monoisotopic (exact) mass is 290 g/mol. The van der Waals surface area contributed by atoms with Crippen molar-refractivity contribution < 1.29 is 0 Å². The predicted octanol–water partition coefficient (Wildman–Crippen LogP) is 5.90.